The summed E-state index contributed by atoms with van der Waals surface area (Å²) in [5.74, 6) is -0.0941. The van der Waals surface area contributed by atoms with Crippen molar-refractivity contribution < 1.29 is 4.79 Å². The zero-order valence-corrected chi connectivity index (χ0v) is 9.75. The molecule has 2 aromatic rings. The van der Waals surface area contributed by atoms with Crippen molar-refractivity contribution in [2.24, 2.45) is 0 Å². The minimum absolute atomic E-state index is 0.0941. The first-order valence-electron chi connectivity index (χ1n) is 5.09. The maximum atomic E-state index is 11.8. The average molecular weight is 232 g/mol. The molecule has 0 bridgehead atoms. The van der Waals surface area contributed by atoms with E-state index in [0.717, 1.165) is 17.7 Å². The van der Waals surface area contributed by atoms with Crippen molar-refractivity contribution in [3.05, 3.63) is 46.4 Å². The number of hydrogen-bond donors (Lipinski definition) is 1. The van der Waals surface area contributed by atoms with E-state index in [1.54, 1.807) is 11.7 Å². The zero-order chi connectivity index (χ0) is 11.4. The molecule has 2 rings (SSSR count). The molecule has 0 aliphatic heterocycles. The molecule has 0 aliphatic rings. The van der Waals surface area contributed by atoms with Gasteiger partial charge in [0.25, 0.3) is 5.91 Å². The lowest BCUT2D eigenvalue weighted by Gasteiger charge is -2.08. The molecule has 82 valence electrons. The third-order valence-electron chi connectivity index (χ3n) is 2.30. The predicted molar refractivity (Wildman–Crippen MR) is 65.9 cm³/mol. The van der Waals surface area contributed by atoms with E-state index in [-0.39, 0.29) is 5.91 Å². The largest absolute Gasteiger partial charge is 0.321 e. The molecule has 0 unspecified atom stereocenters. The molecule has 0 fully saturated rings. The number of rotatable bonds is 3. The van der Waals surface area contributed by atoms with Gasteiger partial charge in [0.2, 0.25) is 0 Å². The Morgan fingerprint density at radius 1 is 1.44 bits per heavy atom. The molecule has 4 heteroatoms. The van der Waals surface area contributed by atoms with Crippen molar-refractivity contribution in [2.75, 3.05) is 5.32 Å². The Morgan fingerprint density at radius 2 is 2.25 bits per heavy atom. The summed E-state index contributed by atoms with van der Waals surface area (Å²) in [6, 6.07) is 7.82. The van der Waals surface area contributed by atoms with Crippen LogP contribution >= 0.6 is 11.3 Å². The number of para-hydroxylation sites is 1. The highest BCUT2D eigenvalue weighted by atomic mass is 32.1. The fraction of sp³-hybridized carbons (Fsp3) is 0.167. The summed E-state index contributed by atoms with van der Waals surface area (Å²) in [6.07, 6.45) is 2.48. The molecule has 0 radical (unpaired) electrons. The Hall–Kier alpha value is -1.68. The van der Waals surface area contributed by atoms with E-state index in [2.05, 4.69) is 17.2 Å². The van der Waals surface area contributed by atoms with Crippen LogP contribution in [0.15, 0.2) is 36.0 Å². The maximum Gasteiger partial charge on any atom is 0.267 e. The lowest BCUT2D eigenvalue weighted by molar-refractivity contribution is 0.103. The van der Waals surface area contributed by atoms with E-state index >= 15 is 0 Å². The van der Waals surface area contributed by atoms with Gasteiger partial charge < -0.3 is 5.32 Å². The molecule has 1 heterocycles. The highest BCUT2D eigenvalue weighted by Gasteiger charge is 2.08. The van der Waals surface area contributed by atoms with Gasteiger partial charge in [-0.25, -0.2) is 0 Å². The van der Waals surface area contributed by atoms with Gasteiger partial charge >= 0.3 is 0 Å². The Bertz CT molecular complexity index is 480. The van der Waals surface area contributed by atoms with Crippen LogP contribution in [0.2, 0.25) is 0 Å². The van der Waals surface area contributed by atoms with Crippen LogP contribution in [0, 0.1) is 0 Å². The van der Waals surface area contributed by atoms with Gasteiger partial charge in [-0.3, -0.25) is 9.78 Å². The fourth-order valence-electron chi connectivity index (χ4n) is 1.46. The standard InChI is InChI=1S/C12H12N2OS/c1-2-9-5-3-4-6-10(9)14-12(15)11-7-13-8-16-11/h3-8H,2H2,1H3,(H,14,15). The van der Waals surface area contributed by atoms with Crippen LogP contribution in [-0.4, -0.2) is 10.9 Å². The monoisotopic (exact) mass is 232 g/mol. The number of hydrogen-bond acceptors (Lipinski definition) is 3. The predicted octanol–water partition coefficient (Wildman–Crippen LogP) is 2.96. The van der Waals surface area contributed by atoms with Gasteiger partial charge in [-0.15, -0.1) is 11.3 Å². The Balaban J connectivity index is 2.18. The van der Waals surface area contributed by atoms with Crippen LogP contribution in [0.25, 0.3) is 0 Å². The van der Waals surface area contributed by atoms with Crippen LogP contribution in [0.5, 0.6) is 0 Å². The lowest BCUT2D eigenvalue weighted by atomic mass is 10.1. The summed E-state index contributed by atoms with van der Waals surface area (Å²) in [5.41, 5.74) is 3.67. The molecule has 16 heavy (non-hydrogen) atoms. The quantitative estimate of drug-likeness (QED) is 0.884. The molecule has 0 saturated heterocycles. The number of carbonyl (C=O) groups excluding carboxylic acids is 1. The molecular weight excluding hydrogens is 220 g/mol. The second kappa shape index (κ2) is 4.90. The fourth-order valence-corrected chi connectivity index (χ4v) is 1.98. The van der Waals surface area contributed by atoms with Crippen LogP contribution < -0.4 is 5.32 Å². The van der Waals surface area contributed by atoms with Gasteiger partial charge in [0.05, 0.1) is 11.7 Å². The second-order valence-electron chi connectivity index (χ2n) is 3.33. The molecule has 0 atom stereocenters. The summed E-state index contributed by atoms with van der Waals surface area (Å²) in [4.78, 5) is 16.3. The molecule has 1 N–H and O–H groups in total. The third-order valence-corrected chi connectivity index (χ3v) is 3.07. The summed E-state index contributed by atoms with van der Waals surface area (Å²) < 4.78 is 0. The molecule has 1 aromatic carbocycles. The molecule has 1 aromatic heterocycles. The van der Waals surface area contributed by atoms with Gasteiger partial charge in [0, 0.05) is 5.69 Å². The average Bonchev–Trinajstić information content (AvgIpc) is 2.83. The van der Waals surface area contributed by atoms with E-state index in [0.29, 0.717) is 4.88 Å². The van der Waals surface area contributed by atoms with E-state index in [1.165, 1.54) is 11.3 Å². The summed E-state index contributed by atoms with van der Waals surface area (Å²) in [6.45, 7) is 2.07. The molecule has 0 spiro atoms. The molecule has 3 nitrogen and oxygen atoms in total. The van der Waals surface area contributed by atoms with Gasteiger partial charge in [-0.2, -0.15) is 0 Å². The highest BCUT2D eigenvalue weighted by Crippen LogP contribution is 2.17. The highest BCUT2D eigenvalue weighted by molar-refractivity contribution is 7.11. The number of nitrogens with one attached hydrogen (secondary N) is 1. The minimum atomic E-state index is -0.0941. The van der Waals surface area contributed by atoms with Crippen molar-refractivity contribution in [1.82, 2.24) is 4.98 Å². The van der Waals surface area contributed by atoms with Crippen LogP contribution in [-0.2, 0) is 6.42 Å². The Labute approximate surface area is 98.2 Å². The van der Waals surface area contributed by atoms with E-state index in [1.807, 2.05) is 24.3 Å². The molecular formula is C12H12N2OS. The van der Waals surface area contributed by atoms with E-state index in [9.17, 15) is 4.79 Å². The SMILES string of the molecule is CCc1ccccc1NC(=O)c1cncs1. The topological polar surface area (TPSA) is 42.0 Å². The number of thiazole rings is 1. The number of amides is 1. The first-order chi connectivity index (χ1) is 7.81. The number of aromatic nitrogens is 1. The number of anilines is 1. The van der Waals surface area contributed by atoms with Gasteiger partial charge in [0.1, 0.15) is 4.88 Å². The van der Waals surface area contributed by atoms with Gasteiger partial charge in [-0.05, 0) is 18.1 Å². The normalized spacial score (nSPS) is 10.1. The Kier molecular flexibility index (Phi) is 3.31. The van der Waals surface area contributed by atoms with Crippen LogP contribution in [0.1, 0.15) is 22.2 Å². The van der Waals surface area contributed by atoms with Crippen molar-refractivity contribution in [1.29, 1.82) is 0 Å². The van der Waals surface area contributed by atoms with Crippen molar-refractivity contribution >= 4 is 22.9 Å². The Morgan fingerprint density at radius 3 is 2.94 bits per heavy atom. The molecule has 0 aliphatic carbocycles. The lowest BCUT2D eigenvalue weighted by Crippen LogP contribution is -2.11. The summed E-state index contributed by atoms with van der Waals surface area (Å²) in [5, 5.41) is 2.90. The number of nitrogens with zero attached hydrogens (tertiary/aromatic N) is 1. The van der Waals surface area contributed by atoms with Crippen molar-refractivity contribution in [3.8, 4) is 0 Å². The molecule has 0 saturated carbocycles. The van der Waals surface area contributed by atoms with E-state index < -0.39 is 0 Å². The first kappa shape index (κ1) is 10.8. The first-order valence-corrected chi connectivity index (χ1v) is 5.97. The zero-order valence-electron chi connectivity index (χ0n) is 8.93. The summed E-state index contributed by atoms with van der Waals surface area (Å²) >= 11 is 1.34. The smallest absolute Gasteiger partial charge is 0.267 e. The van der Waals surface area contributed by atoms with Crippen LogP contribution in [0.3, 0.4) is 0 Å². The number of carbonyl (C=O) groups is 1. The van der Waals surface area contributed by atoms with Crippen molar-refractivity contribution in [3.63, 3.8) is 0 Å². The van der Waals surface area contributed by atoms with Crippen molar-refractivity contribution in [2.45, 2.75) is 13.3 Å². The maximum absolute atomic E-state index is 11.8. The number of aryl methyl sites for hydroxylation is 1. The third kappa shape index (κ3) is 2.28. The van der Waals surface area contributed by atoms with Crippen LogP contribution in [0.4, 0.5) is 5.69 Å². The molecule has 1 amide bonds. The van der Waals surface area contributed by atoms with Gasteiger partial charge in [-0.1, -0.05) is 25.1 Å². The second-order valence-corrected chi connectivity index (χ2v) is 4.22. The van der Waals surface area contributed by atoms with E-state index in [4.69, 9.17) is 0 Å². The van der Waals surface area contributed by atoms with Gasteiger partial charge in [0.15, 0.2) is 0 Å². The summed E-state index contributed by atoms with van der Waals surface area (Å²) in [7, 11) is 0. The number of benzene rings is 1. The minimum Gasteiger partial charge on any atom is -0.321 e.